The number of ether oxygens (including phenoxy) is 1. The average Bonchev–Trinajstić information content (AvgIpc) is 3.66. The van der Waals surface area contributed by atoms with E-state index in [1.54, 1.807) is 4.90 Å². The Bertz CT molecular complexity index is 1590. The topological polar surface area (TPSA) is 118 Å². The van der Waals surface area contributed by atoms with E-state index in [9.17, 15) is 19.5 Å². The highest BCUT2D eigenvalue weighted by molar-refractivity contribution is 9.10. The number of likely N-dealkylation sites (N-methyl/N-ethyl adjacent to an activating group) is 1. The van der Waals surface area contributed by atoms with E-state index in [0.29, 0.717) is 32.4 Å². The maximum absolute atomic E-state index is 14.6. The van der Waals surface area contributed by atoms with Gasteiger partial charge in [-0.3, -0.25) is 28.9 Å². The summed E-state index contributed by atoms with van der Waals surface area (Å²) in [7, 11) is 2.03. The van der Waals surface area contributed by atoms with E-state index >= 15 is 0 Å². The second-order valence-electron chi connectivity index (χ2n) is 13.8. The van der Waals surface area contributed by atoms with Gasteiger partial charge >= 0.3 is 0 Å². The van der Waals surface area contributed by atoms with Crippen molar-refractivity contribution in [3.05, 3.63) is 40.0 Å². The van der Waals surface area contributed by atoms with Crippen molar-refractivity contribution in [3.8, 4) is 0 Å². The van der Waals surface area contributed by atoms with E-state index in [-0.39, 0.29) is 23.8 Å². The Kier molecular flexibility index (Phi) is 7.08. The number of benzene rings is 1. The van der Waals surface area contributed by atoms with E-state index in [4.69, 9.17) is 4.74 Å². The molecular formula is C33H42BrN5O5. The van der Waals surface area contributed by atoms with Gasteiger partial charge in [0.15, 0.2) is 0 Å². The molecule has 5 heterocycles. The lowest BCUT2D eigenvalue weighted by Crippen LogP contribution is -2.71. The number of nitrogens with zero attached hydrogens (tertiary/aromatic N) is 3. The van der Waals surface area contributed by atoms with Gasteiger partial charge in [-0.25, -0.2) is 0 Å². The Labute approximate surface area is 266 Å². The first kappa shape index (κ1) is 30.0. The average molecular weight is 669 g/mol. The summed E-state index contributed by atoms with van der Waals surface area (Å²) in [5.74, 6) is -3.93. The fourth-order valence-corrected chi connectivity index (χ4v) is 8.93. The van der Waals surface area contributed by atoms with Crippen LogP contribution in [0.25, 0.3) is 16.5 Å². The molecule has 3 fully saturated rings. The van der Waals surface area contributed by atoms with E-state index in [2.05, 4.69) is 43.3 Å². The summed E-state index contributed by atoms with van der Waals surface area (Å²) in [6.07, 6.45) is 5.03. The van der Waals surface area contributed by atoms with Crippen molar-refractivity contribution in [2.75, 3.05) is 20.1 Å². The van der Waals surface area contributed by atoms with Gasteiger partial charge in [-0.1, -0.05) is 45.9 Å². The van der Waals surface area contributed by atoms with Crippen molar-refractivity contribution in [3.63, 3.8) is 0 Å². The van der Waals surface area contributed by atoms with Crippen LogP contribution in [0.15, 0.2) is 28.9 Å². The molecule has 4 aliphatic heterocycles. The van der Waals surface area contributed by atoms with Gasteiger partial charge in [0.2, 0.25) is 17.5 Å². The van der Waals surface area contributed by atoms with Crippen molar-refractivity contribution in [2.24, 2.45) is 17.8 Å². The molecule has 236 valence electrons. The third-order valence-corrected chi connectivity index (χ3v) is 11.4. The van der Waals surface area contributed by atoms with E-state index in [1.807, 2.05) is 46.9 Å². The molecular weight excluding hydrogens is 626 g/mol. The first-order valence-electron chi connectivity index (χ1n) is 16.0. The molecule has 0 unspecified atom stereocenters. The van der Waals surface area contributed by atoms with Gasteiger partial charge in [-0.15, -0.1) is 0 Å². The predicted molar refractivity (Wildman–Crippen MR) is 169 cm³/mol. The van der Waals surface area contributed by atoms with E-state index in [1.165, 1.54) is 15.8 Å². The number of rotatable bonds is 6. The molecule has 10 nitrogen and oxygen atoms in total. The Morgan fingerprint density at radius 2 is 2.05 bits per heavy atom. The molecule has 3 N–H and O–H groups in total. The van der Waals surface area contributed by atoms with Gasteiger partial charge in [0, 0.05) is 36.0 Å². The molecule has 44 heavy (non-hydrogen) atoms. The summed E-state index contributed by atoms with van der Waals surface area (Å²) in [4.78, 5) is 51.2. The molecule has 0 radical (unpaired) electrons. The minimum Gasteiger partial charge on any atom is -0.349 e. The Balaban J connectivity index is 1.26. The van der Waals surface area contributed by atoms with Gasteiger partial charge in [-0.2, -0.15) is 0 Å². The molecule has 3 amide bonds. The van der Waals surface area contributed by atoms with Crippen molar-refractivity contribution in [2.45, 2.75) is 89.6 Å². The number of nitrogens with one attached hydrogen (secondary N) is 2. The third kappa shape index (κ3) is 4.11. The van der Waals surface area contributed by atoms with Gasteiger partial charge in [0.05, 0.1) is 10.5 Å². The summed E-state index contributed by atoms with van der Waals surface area (Å²) in [5.41, 5.74) is 2.70. The summed E-state index contributed by atoms with van der Waals surface area (Å²) in [5, 5.41) is 16.5. The lowest BCUT2D eigenvalue weighted by Gasteiger charge is -2.49. The molecule has 2 aromatic rings. The first-order valence-corrected chi connectivity index (χ1v) is 16.8. The van der Waals surface area contributed by atoms with Crippen molar-refractivity contribution >= 4 is 50.1 Å². The second kappa shape index (κ2) is 10.4. The highest BCUT2D eigenvalue weighted by atomic mass is 79.9. The number of aromatic amines is 1. The van der Waals surface area contributed by atoms with Crippen LogP contribution in [0.2, 0.25) is 0 Å². The summed E-state index contributed by atoms with van der Waals surface area (Å²) in [6, 6.07) is 4.78. The minimum atomic E-state index is -2.01. The van der Waals surface area contributed by atoms with E-state index < -0.39 is 41.5 Å². The van der Waals surface area contributed by atoms with Crippen LogP contribution in [0.1, 0.15) is 64.5 Å². The van der Waals surface area contributed by atoms with Crippen molar-refractivity contribution in [1.29, 1.82) is 0 Å². The standard InChI is InChI=1S/C33H42BrN5O5/c1-6-18(4)32(31(42)39-25(13-17(2)3)30(41)38-12-8-11-26(38)33(39,43)44-32)36-29(40)19-14-21-20-9-7-10-23-27(20)22(28(34)35-23)15-24(21)37(5)16-19/h7,9-10,14,17-19,24-26,35,43H,6,8,11-13,15-16H2,1-5H3,(H,36,40)/t18-,19-,24-,25+,26+,32-,33+/m1/s1. The third-order valence-electron chi connectivity index (χ3n) is 10.7. The quantitative estimate of drug-likeness (QED) is 0.434. The number of aliphatic hydroxyl groups is 1. The van der Waals surface area contributed by atoms with Gasteiger partial charge in [0.25, 0.3) is 11.8 Å². The first-order chi connectivity index (χ1) is 20.9. The van der Waals surface area contributed by atoms with Crippen LogP contribution in [-0.2, 0) is 25.5 Å². The molecule has 3 saturated heterocycles. The fourth-order valence-electron chi connectivity index (χ4n) is 8.36. The molecule has 0 bridgehead atoms. The lowest BCUT2D eigenvalue weighted by molar-refractivity contribution is -0.323. The molecule has 7 rings (SSSR count). The molecule has 1 aromatic heterocycles. The highest BCUT2D eigenvalue weighted by Gasteiger charge is 2.72. The molecule has 1 aromatic carbocycles. The van der Waals surface area contributed by atoms with Gasteiger partial charge in [-0.05, 0) is 83.8 Å². The normalized spacial score (nSPS) is 33.9. The largest absolute Gasteiger partial charge is 0.349 e. The Morgan fingerprint density at radius 1 is 1.27 bits per heavy atom. The van der Waals surface area contributed by atoms with Crippen molar-refractivity contribution < 1.29 is 24.2 Å². The summed E-state index contributed by atoms with van der Waals surface area (Å²) in [6.45, 7) is 8.77. The Hall–Kier alpha value is -2.73. The maximum Gasteiger partial charge on any atom is 0.281 e. The molecule has 7 atom stereocenters. The number of H-pyrrole nitrogens is 1. The molecule has 1 aliphatic carbocycles. The van der Waals surface area contributed by atoms with Crippen LogP contribution >= 0.6 is 15.9 Å². The van der Waals surface area contributed by atoms with Crippen LogP contribution in [-0.4, -0.2) is 92.4 Å². The monoisotopic (exact) mass is 667 g/mol. The number of fused-ring (bicyclic) bond motifs is 5. The molecule has 0 saturated carbocycles. The zero-order valence-corrected chi connectivity index (χ0v) is 27.6. The smallest absolute Gasteiger partial charge is 0.281 e. The second-order valence-corrected chi connectivity index (χ2v) is 14.6. The number of aromatic nitrogens is 1. The van der Waals surface area contributed by atoms with Gasteiger partial charge in [0.1, 0.15) is 12.1 Å². The number of amides is 3. The number of carbonyl (C=O) groups excluding carboxylic acids is 3. The van der Waals surface area contributed by atoms with E-state index in [0.717, 1.165) is 34.1 Å². The Morgan fingerprint density at radius 3 is 2.77 bits per heavy atom. The lowest BCUT2D eigenvalue weighted by atomic mass is 9.79. The number of hydrogen-bond acceptors (Lipinski definition) is 6. The summed E-state index contributed by atoms with van der Waals surface area (Å²) < 4.78 is 7.52. The SMILES string of the molecule is CC[C@@H](C)[C@@]1(NC(=O)[C@@H]2C=C3c4cccc5[nH]c(Br)c(c45)C[C@H]3N(C)C2)O[C@@]2(O)[C@@H]3CCCN3C(=O)[C@H](CC(C)C)N2C1=O. The fraction of sp³-hybridized carbons (Fsp3) is 0.606. The number of piperazine rings is 1. The molecule has 5 aliphatic rings. The summed E-state index contributed by atoms with van der Waals surface area (Å²) >= 11 is 3.71. The van der Waals surface area contributed by atoms with Crippen LogP contribution in [0, 0.1) is 17.8 Å². The zero-order chi connectivity index (χ0) is 31.3. The highest BCUT2D eigenvalue weighted by Crippen LogP contribution is 2.49. The van der Waals surface area contributed by atoms with Crippen molar-refractivity contribution in [1.82, 2.24) is 25.0 Å². The molecule has 11 heteroatoms. The molecule has 0 spiro atoms. The van der Waals surface area contributed by atoms with Crippen LogP contribution in [0.4, 0.5) is 0 Å². The zero-order valence-electron chi connectivity index (χ0n) is 26.0. The van der Waals surface area contributed by atoms with Gasteiger partial charge < -0.3 is 20.3 Å². The predicted octanol–water partition coefficient (Wildman–Crippen LogP) is 3.58. The minimum absolute atomic E-state index is 0.104. The maximum atomic E-state index is 14.6. The van der Waals surface area contributed by atoms with Crippen LogP contribution in [0.3, 0.4) is 0 Å². The number of halogens is 1. The van der Waals surface area contributed by atoms with Crippen LogP contribution in [0.5, 0.6) is 0 Å². The van der Waals surface area contributed by atoms with Crippen LogP contribution < -0.4 is 5.32 Å². The number of hydrogen-bond donors (Lipinski definition) is 3. The number of carbonyl (C=O) groups is 3.